The molecule has 0 bridgehead atoms. The summed E-state index contributed by atoms with van der Waals surface area (Å²) in [6.45, 7) is 0.643. The lowest BCUT2D eigenvalue weighted by atomic mass is 9.78. The summed E-state index contributed by atoms with van der Waals surface area (Å²) in [4.78, 5) is 12.1. The highest BCUT2D eigenvalue weighted by Gasteiger charge is 2.42. The van der Waals surface area contributed by atoms with Crippen molar-refractivity contribution in [3.8, 4) is 0 Å². The molecule has 2 aliphatic rings. The van der Waals surface area contributed by atoms with E-state index < -0.39 is 5.54 Å². The summed E-state index contributed by atoms with van der Waals surface area (Å²) < 4.78 is 21.2. The van der Waals surface area contributed by atoms with Crippen molar-refractivity contribution in [3.63, 3.8) is 0 Å². The molecule has 7 heteroatoms. The van der Waals surface area contributed by atoms with Gasteiger partial charge in [0.1, 0.15) is 13.6 Å². The molecule has 0 aromatic rings. The minimum absolute atomic E-state index is 0.150. The predicted molar refractivity (Wildman–Crippen MR) is 89.3 cm³/mol. The molecular formula is C17H32N2O5. The molecule has 0 aliphatic heterocycles. The molecule has 0 spiro atoms. The molecule has 0 unspecified atom stereocenters. The number of ether oxygens (including phenoxy) is 4. The van der Waals surface area contributed by atoms with Crippen LogP contribution < -0.4 is 11.1 Å². The number of nitrogens with one attached hydrogen (secondary N) is 1. The van der Waals surface area contributed by atoms with E-state index in [0.29, 0.717) is 19.6 Å². The molecule has 2 aliphatic carbocycles. The fourth-order valence-corrected chi connectivity index (χ4v) is 3.81. The predicted octanol–water partition coefficient (Wildman–Crippen LogP) is 1.29. The van der Waals surface area contributed by atoms with Crippen LogP contribution in [0.5, 0.6) is 0 Å². The van der Waals surface area contributed by atoms with E-state index in [4.69, 9.17) is 24.7 Å². The van der Waals surface area contributed by atoms with Gasteiger partial charge < -0.3 is 30.0 Å². The van der Waals surface area contributed by atoms with E-state index >= 15 is 0 Å². The maximum Gasteiger partial charge on any atom is 0.237 e. The molecule has 0 aromatic carbocycles. The van der Waals surface area contributed by atoms with Crippen molar-refractivity contribution in [2.75, 3.05) is 27.8 Å². The van der Waals surface area contributed by atoms with Crippen LogP contribution in [0.1, 0.15) is 51.4 Å². The summed E-state index contributed by atoms with van der Waals surface area (Å²) in [5.41, 5.74) is 5.15. The summed E-state index contributed by atoms with van der Waals surface area (Å²) in [7, 11) is 3.25. The lowest BCUT2D eigenvalue weighted by molar-refractivity contribution is -0.130. The molecule has 2 rings (SSSR count). The zero-order chi connectivity index (χ0) is 17.4. The highest BCUT2D eigenvalue weighted by molar-refractivity contribution is 5.84. The number of carbonyl (C=O) groups is 1. The largest absolute Gasteiger partial charge is 0.368 e. The average Bonchev–Trinajstić information content (AvgIpc) is 2.60. The number of hydrogen-bond acceptors (Lipinski definition) is 6. The van der Waals surface area contributed by atoms with Gasteiger partial charge in [0.25, 0.3) is 0 Å². The first-order chi connectivity index (χ1) is 11.6. The molecular weight excluding hydrogens is 312 g/mol. The molecule has 0 radical (unpaired) electrons. The monoisotopic (exact) mass is 344 g/mol. The normalized spacial score (nSPS) is 34.2. The number of rotatable bonds is 9. The zero-order valence-electron chi connectivity index (χ0n) is 14.9. The van der Waals surface area contributed by atoms with Gasteiger partial charge in [-0.05, 0) is 51.4 Å². The van der Waals surface area contributed by atoms with Gasteiger partial charge in [-0.25, -0.2) is 0 Å². The van der Waals surface area contributed by atoms with Crippen LogP contribution in [0.3, 0.4) is 0 Å². The molecule has 3 N–H and O–H groups in total. The van der Waals surface area contributed by atoms with Crippen molar-refractivity contribution in [1.82, 2.24) is 5.32 Å². The van der Waals surface area contributed by atoms with E-state index in [-0.39, 0.29) is 18.1 Å². The maximum atomic E-state index is 12.1. The lowest BCUT2D eigenvalue weighted by Crippen LogP contribution is -2.61. The van der Waals surface area contributed by atoms with E-state index in [9.17, 15) is 4.79 Å². The van der Waals surface area contributed by atoms with Gasteiger partial charge in [-0.3, -0.25) is 4.79 Å². The Bertz CT molecular complexity index is 377. The number of nitrogens with two attached hydrogens (primary N) is 1. The van der Waals surface area contributed by atoms with Gasteiger partial charge in [0.15, 0.2) is 0 Å². The SMILES string of the molecule is COCOC1CCC(NC2(C(N)=O)CCC(OCOC)CC2)CC1. The fourth-order valence-electron chi connectivity index (χ4n) is 3.81. The van der Waals surface area contributed by atoms with Crippen LogP contribution in [0.4, 0.5) is 0 Å². The quantitative estimate of drug-likeness (QED) is 0.613. The highest BCUT2D eigenvalue weighted by atomic mass is 16.7. The minimum Gasteiger partial charge on any atom is -0.368 e. The molecule has 0 saturated heterocycles. The topological polar surface area (TPSA) is 92.0 Å². The van der Waals surface area contributed by atoms with Crippen LogP contribution >= 0.6 is 0 Å². The Morgan fingerprint density at radius 2 is 1.46 bits per heavy atom. The highest BCUT2D eigenvalue weighted by Crippen LogP contribution is 2.32. The van der Waals surface area contributed by atoms with Crippen molar-refractivity contribution < 1.29 is 23.7 Å². The van der Waals surface area contributed by atoms with Crippen LogP contribution in [-0.4, -0.2) is 57.5 Å². The number of primary amides is 1. The number of methoxy groups -OCH3 is 2. The summed E-state index contributed by atoms with van der Waals surface area (Å²) in [5, 5.41) is 3.58. The molecule has 0 heterocycles. The lowest BCUT2D eigenvalue weighted by Gasteiger charge is -2.42. The van der Waals surface area contributed by atoms with Crippen molar-refractivity contribution in [2.24, 2.45) is 5.73 Å². The molecule has 24 heavy (non-hydrogen) atoms. The smallest absolute Gasteiger partial charge is 0.237 e. The second-order valence-electron chi connectivity index (χ2n) is 6.91. The van der Waals surface area contributed by atoms with Crippen LogP contribution in [0.2, 0.25) is 0 Å². The van der Waals surface area contributed by atoms with E-state index in [0.717, 1.165) is 51.4 Å². The Kier molecular flexibility index (Phi) is 7.90. The van der Waals surface area contributed by atoms with Gasteiger partial charge in [0, 0.05) is 20.3 Å². The first kappa shape index (κ1) is 19.6. The number of amides is 1. The number of hydrogen-bond donors (Lipinski definition) is 2. The third-order valence-electron chi connectivity index (χ3n) is 5.26. The van der Waals surface area contributed by atoms with Crippen LogP contribution in [0, 0.1) is 0 Å². The molecule has 7 nitrogen and oxygen atoms in total. The van der Waals surface area contributed by atoms with Crippen LogP contribution in [-0.2, 0) is 23.7 Å². The minimum atomic E-state index is -0.599. The van der Waals surface area contributed by atoms with Gasteiger partial charge in [-0.1, -0.05) is 0 Å². The average molecular weight is 344 g/mol. The summed E-state index contributed by atoms with van der Waals surface area (Å²) >= 11 is 0. The van der Waals surface area contributed by atoms with E-state index in [2.05, 4.69) is 5.32 Å². The van der Waals surface area contributed by atoms with E-state index in [1.807, 2.05) is 0 Å². The van der Waals surface area contributed by atoms with E-state index in [1.165, 1.54) is 0 Å². The Labute approximate surface area is 144 Å². The second kappa shape index (κ2) is 9.68. The summed E-state index contributed by atoms with van der Waals surface area (Å²) in [6.07, 6.45) is 7.44. The van der Waals surface area contributed by atoms with Crippen LogP contribution in [0.15, 0.2) is 0 Å². The van der Waals surface area contributed by atoms with Crippen molar-refractivity contribution in [3.05, 3.63) is 0 Å². The molecule has 140 valence electrons. The second-order valence-corrected chi connectivity index (χ2v) is 6.91. The van der Waals surface area contributed by atoms with Gasteiger partial charge in [0.2, 0.25) is 5.91 Å². The molecule has 0 aromatic heterocycles. The number of carbonyl (C=O) groups excluding carboxylic acids is 1. The zero-order valence-corrected chi connectivity index (χ0v) is 14.9. The van der Waals surface area contributed by atoms with Crippen LogP contribution in [0.25, 0.3) is 0 Å². The van der Waals surface area contributed by atoms with Gasteiger partial charge in [-0.2, -0.15) is 0 Å². The van der Waals surface area contributed by atoms with Gasteiger partial charge >= 0.3 is 0 Å². The first-order valence-electron chi connectivity index (χ1n) is 8.88. The fraction of sp³-hybridized carbons (Fsp3) is 0.941. The molecule has 0 atom stereocenters. The van der Waals surface area contributed by atoms with E-state index in [1.54, 1.807) is 14.2 Å². The molecule has 1 amide bonds. The Morgan fingerprint density at radius 1 is 0.958 bits per heavy atom. The standard InChI is InChI=1S/C17H32N2O5/c1-21-11-23-14-5-3-13(4-6-14)19-17(16(18)20)9-7-15(8-10-17)24-12-22-2/h13-15,19H,3-12H2,1-2H3,(H2,18,20). The first-order valence-corrected chi connectivity index (χ1v) is 8.88. The summed E-state index contributed by atoms with van der Waals surface area (Å²) in [5.74, 6) is -0.245. The Balaban J connectivity index is 1.81. The third-order valence-corrected chi connectivity index (χ3v) is 5.26. The van der Waals surface area contributed by atoms with Gasteiger partial charge in [-0.15, -0.1) is 0 Å². The maximum absolute atomic E-state index is 12.1. The van der Waals surface area contributed by atoms with Crippen molar-refractivity contribution in [1.29, 1.82) is 0 Å². The van der Waals surface area contributed by atoms with Crippen molar-refractivity contribution >= 4 is 5.91 Å². The van der Waals surface area contributed by atoms with Gasteiger partial charge in [0.05, 0.1) is 17.7 Å². The van der Waals surface area contributed by atoms with Crippen molar-refractivity contribution in [2.45, 2.75) is 75.2 Å². The molecule has 2 saturated carbocycles. The Morgan fingerprint density at radius 3 is 1.92 bits per heavy atom. The Hall–Kier alpha value is -0.730. The molecule has 2 fully saturated rings. The third kappa shape index (κ3) is 5.39. The summed E-state index contributed by atoms with van der Waals surface area (Å²) in [6, 6.07) is 0.316.